The molecule has 8 nitrogen and oxygen atoms in total. The van der Waals surface area contributed by atoms with Crippen LogP contribution in [0.15, 0.2) is 17.0 Å². The molecule has 2 saturated heterocycles. The number of aryl methyl sites for hydroxylation is 2. The number of hydrogen-bond donors (Lipinski definition) is 0. The Balaban J connectivity index is 1.95. The number of nitrogens with zero attached hydrogens (tertiary/aromatic N) is 2. The molecule has 0 spiro atoms. The largest absolute Gasteiger partial charge is 0.496 e. The third kappa shape index (κ3) is 4.29. The Morgan fingerprint density at radius 3 is 2.24 bits per heavy atom. The lowest BCUT2D eigenvalue weighted by atomic mass is 10.1. The number of rotatable bonds is 4. The Labute approximate surface area is 172 Å². The van der Waals surface area contributed by atoms with Crippen LogP contribution >= 0.6 is 0 Å². The average Bonchev–Trinajstić information content (AvgIpc) is 2.99. The summed E-state index contributed by atoms with van der Waals surface area (Å²) in [4.78, 5) is 15.3. The molecule has 2 fully saturated rings. The molecule has 0 unspecified atom stereocenters. The monoisotopic (exact) mass is 444 g/mol. The maximum Gasteiger partial charge on any atom is 0.219 e. The van der Waals surface area contributed by atoms with Crippen LogP contribution in [0, 0.1) is 13.8 Å². The van der Waals surface area contributed by atoms with Crippen molar-refractivity contribution in [1.82, 2.24) is 9.80 Å². The van der Waals surface area contributed by atoms with E-state index in [4.69, 9.17) is 4.74 Å². The summed E-state index contributed by atoms with van der Waals surface area (Å²) in [6.07, 6.45) is 0. The smallest absolute Gasteiger partial charge is 0.219 e. The van der Waals surface area contributed by atoms with E-state index in [-0.39, 0.29) is 22.3 Å². The number of amides is 1. The summed E-state index contributed by atoms with van der Waals surface area (Å²) >= 11 is 0. The molecule has 29 heavy (non-hydrogen) atoms. The highest BCUT2D eigenvalue weighted by Gasteiger charge is 2.49. The summed E-state index contributed by atoms with van der Waals surface area (Å²) in [6.45, 7) is 6.83. The molecule has 10 heteroatoms. The van der Waals surface area contributed by atoms with E-state index in [2.05, 4.69) is 0 Å². The second-order valence-corrected chi connectivity index (χ2v) is 12.1. The maximum absolute atomic E-state index is 13.5. The molecule has 2 aliphatic rings. The van der Waals surface area contributed by atoms with E-state index < -0.39 is 31.0 Å². The van der Waals surface area contributed by atoms with E-state index in [9.17, 15) is 21.6 Å². The van der Waals surface area contributed by atoms with Crippen molar-refractivity contribution in [1.29, 1.82) is 0 Å². The molecule has 1 amide bonds. The van der Waals surface area contributed by atoms with Crippen LogP contribution in [0.5, 0.6) is 5.75 Å². The molecule has 0 aliphatic carbocycles. The summed E-state index contributed by atoms with van der Waals surface area (Å²) in [7, 11) is -5.83. The summed E-state index contributed by atoms with van der Waals surface area (Å²) in [5.74, 6) is 0.0115. The van der Waals surface area contributed by atoms with Gasteiger partial charge in [0, 0.05) is 39.1 Å². The lowest BCUT2D eigenvalue weighted by molar-refractivity contribution is -0.130. The molecule has 0 N–H and O–H groups in total. The summed E-state index contributed by atoms with van der Waals surface area (Å²) in [6, 6.07) is 2.63. The third-order valence-corrected chi connectivity index (χ3v) is 10.2. The highest BCUT2D eigenvalue weighted by Crippen LogP contribution is 2.33. The van der Waals surface area contributed by atoms with Crippen LogP contribution in [0.25, 0.3) is 0 Å². The SMILES string of the molecule is COc1cc(C)c(S(=O)(=O)[C@H]2CS(=O)(=O)C[C@@H]2N2CCN(C(C)=O)CC2)cc1C. The van der Waals surface area contributed by atoms with Crippen LogP contribution < -0.4 is 4.74 Å². The van der Waals surface area contributed by atoms with Gasteiger partial charge in [-0.1, -0.05) is 0 Å². The van der Waals surface area contributed by atoms with Crippen molar-refractivity contribution in [3.05, 3.63) is 23.3 Å². The first kappa shape index (κ1) is 22.0. The minimum Gasteiger partial charge on any atom is -0.496 e. The molecule has 2 aliphatic heterocycles. The predicted molar refractivity (Wildman–Crippen MR) is 110 cm³/mol. The molecular formula is C19H28N2O6S2. The van der Waals surface area contributed by atoms with Gasteiger partial charge in [-0.2, -0.15) is 0 Å². The number of sulfone groups is 2. The number of ether oxygens (including phenoxy) is 1. The van der Waals surface area contributed by atoms with Crippen molar-refractivity contribution < 1.29 is 26.4 Å². The number of carbonyl (C=O) groups is 1. The van der Waals surface area contributed by atoms with Crippen molar-refractivity contribution >= 4 is 25.6 Å². The first-order chi connectivity index (χ1) is 13.5. The van der Waals surface area contributed by atoms with Gasteiger partial charge in [-0.3, -0.25) is 9.69 Å². The van der Waals surface area contributed by atoms with Crippen molar-refractivity contribution in [3.8, 4) is 5.75 Å². The van der Waals surface area contributed by atoms with Crippen LogP contribution in [-0.4, -0.2) is 88.6 Å². The lowest BCUT2D eigenvalue weighted by Crippen LogP contribution is -2.55. The zero-order valence-electron chi connectivity index (χ0n) is 17.2. The van der Waals surface area contributed by atoms with Crippen LogP contribution in [0.4, 0.5) is 0 Å². The van der Waals surface area contributed by atoms with E-state index in [1.165, 1.54) is 14.0 Å². The Morgan fingerprint density at radius 1 is 1.07 bits per heavy atom. The minimum absolute atomic E-state index is 0.0304. The minimum atomic E-state index is -3.87. The van der Waals surface area contributed by atoms with Gasteiger partial charge in [0.1, 0.15) is 5.75 Å². The van der Waals surface area contributed by atoms with Crippen LogP contribution in [-0.2, 0) is 24.5 Å². The summed E-state index contributed by atoms with van der Waals surface area (Å²) < 4.78 is 57.2. The summed E-state index contributed by atoms with van der Waals surface area (Å²) in [5.41, 5.74) is 1.22. The van der Waals surface area contributed by atoms with Crippen LogP contribution in [0.1, 0.15) is 18.1 Å². The molecule has 3 rings (SSSR count). The first-order valence-electron chi connectivity index (χ1n) is 9.55. The Morgan fingerprint density at radius 2 is 1.69 bits per heavy atom. The quantitative estimate of drug-likeness (QED) is 0.663. The van der Waals surface area contributed by atoms with Gasteiger partial charge in [-0.15, -0.1) is 0 Å². The fraction of sp³-hybridized carbons (Fsp3) is 0.632. The Bertz CT molecular complexity index is 1010. The molecule has 0 saturated carbocycles. The van der Waals surface area contributed by atoms with Gasteiger partial charge in [-0.05, 0) is 37.1 Å². The highest BCUT2D eigenvalue weighted by molar-refractivity contribution is 7.96. The van der Waals surface area contributed by atoms with Crippen molar-refractivity contribution in [2.24, 2.45) is 0 Å². The van der Waals surface area contributed by atoms with E-state index in [1.807, 2.05) is 4.90 Å². The molecule has 162 valence electrons. The number of carbonyl (C=O) groups excluding carboxylic acids is 1. The first-order valence-corrected chi connectivity index (χ1v) is 12.9. The number of benzene rings is 1. The Hall–Kier alpha value is -1.65. The fourth-order valence-electron chi connectivity index (χ4n) is 4.26. The van der Waals surface area contributed by atoms with Gasteiger partial charge in [0.05, 0.1) is 28.8 Å². The predicted octanol–water partition coefficient (Wildman–Crippen LogP) is 0.415. The van der Waals surface area contributed by atoms with Gasteiger partial charge in [0.25, 0.3) is 0 Å². The fourth-order valence-corrected chi connectivity index (χ4v) is 9.39. The standard InChI is InChI=1S/C19H28N2O6S2/c1-13-10-18(14(2)9-17(13)27-4)29(25,26)19-12-28(23,24)11-16(19)21-7-5-20(6-8-21)15(3)22/h9-10,16,19H,5-8,11-12H2,1-4H3/t16-,19-/m0/s1. The van der Waals surface area contributed by atoms with E-state index >= 15 is 0 Å². The molecule has 0 bridgehead atoms. The second kappa shape index (κ2) is 7.88. The molecule has 1 aromatic rings. The van der Waals surface area contributed by atoms with E-state index in [0.29, 0.717) is 43.1 Å². The Kier molecular flexibility index (Phi) is 5.99. The van der Waals surface area contributed by atoms with Crippen molar-refractivity contribution in [3.63, 3.8) is 0 Å². The van der Waals surface area contributed by atoms with Gasteiger partial charge in [0.2, 0.25) is 5.91 Å². The molecule has 2 atom stereocenters. The topological polar surface area (TPSA) is 101 Å². The summed E-state index contributed by atoms with van der Waals surface area (Å²) in [5, 5.41) is -1.03. The third-order valence-electron chi connectivity index (χ3n) is 5.90. The molecular weight excluding hydrogens is 416 g/mol. The van der Waals surface area contributed by atoms with Gasteiger partial charge in [-0.25, -0.2) is 16.8 Å². The van der Waals surface area contributed by atoms with Gasteiger partial charge in [0.15, 0.2) is 19.7 Å². The highest BCUT2D eigenvalue weighted by atomic mass is 32.2. The normalized spacial score (nSPS) is 25.2. The molecule has 0 aromatic heterocycles. The van der Waals surface area contributed by atoms with Crippen LogP contribution in [0.2, 0.25) is 0 Å². The zero-order chi connectivity index (χ0) is 21.6. The van der Waals surface area contributed by atoms with Gasteiger partial charge < -0.3 is 9.64 Å². The maximum atomic E-state index is 13.5. The van der Waals surface area contributed by atoms with Crippen molar-refractivity contribution in [2.75, 3.05) is 44.8 Å². The van der Waals surface area contributed by atoms with E-state index in [0.717, 1.165) is 0 Å². The van der Waals surface area contributed by atoms with Crippen molar-refractivity contribution in [2.45, 2.75) is 37.0 Å². The second-order valence-electron chi connectivity index (χ2n) is 7.86. The molecule has 1 aromatic carbocycles. The van der Waals surface area contributed by atoms with Gasteiger partial charge >= 0.3 is 0 Å². The molecule has 2 heterocycles. The number of methoxy groups -OCH3 is 1. The average molecular weight is 445 g/mol. The van der Waals surface area contributed by atoms with Crippen LogP contribution in [0.3, 0.4) is 0 Å². The number of hydrogen-bond acceptors (Lipinski definition) is 7. The lowest BCUT2D eigenvalue weighted by Gasteiger charge is -2.39. The number of piperazine rings is 1. The van der Waals surface area contributed by atoms with E-state index in [1.54, 1.807) is 30.9 Å². The zero-order valence-corrected chi connectivity index (χ0v) is 18.8. The molecule has 0 radical (unpaired) electrons.